The van der Waals surface area contributed by atoms with E-state index in [1.54, 1.807) is 21.8 Å². The Kier molecular flexibility index (Phi) is 11.2. The van der Waals surface area contributed by atoms with Crippen molar-refractivity contribution in [3.05, 3.63) is 98.1 Å². The maximum absolute atomic E-state index is 14.5. The minimum Gasteiger partial charge on any atom is -0.404 e. The minimum absolute atomic E-state index is 0.00972. The molecule has 3 aromatic rings. The van der Waals surface area contributed by atoms with Crippen LogP contribution < -0.4 is 26.4 Å². The van der Waals surface area contributed by atoms with Crippen LogP contribution in [0.2, 0.25) is 0 Å². The Balaban J connectivity index is 0.904. The fraction of sp³-hybridized carbons (Fsp3) is 0.478. The first kappa shape index (κ1) is 41.1. The van der Waals surface area contributed by atoms with Crippen molar-refractivity contribution < 1.29 is 23.2 Å². The van der Waals surface area contributed by atoms with Gasteiger partial charge in [0.2, 0.25) is 11.8 Å². The molecule has 2 unspecified atom stereocenters. The maximum atomic E-state index is 14.5. The van der Waals surface area contributed by atoms with Crippen LogP contribution in [-0.4, -0.2) is 83.6 Å². The number of carbonyl (C=O) groups is 3. The van der Waals surface area contributed by atoms with E-state index in [2.05, 4.69) is 28.1 Å². The monoisotopic (exact) mass is 820 g/mol. The van der Waals surface area contributed by atoms with Gasteiger partial charge in [-0.25, -0.2) is 13.8 Å². The zero-order chi connectivity index (χ0) is 42.5. The van der Waals surface area contributed by atoms with E-state index in [1.165, 1.54) is 6.20 Å². The van der Waals surface area contributed by atoms with Gasteiger partial charge in [0.25, 0.3) is 17.9 Å². The van der Waals surface area contributed by atoms with Crippen LogP contribution in [0.4, 0.5) is 20.3 Å². The number of rotatable bonds is 12. The third-order valence-electron chi connectivity index (χ3n) is 13.1. The van der Waals surface area contributed by atoms with Crippen LogP contribution >= 0.6 is 0 Å². The summed E-state index contributed by atoms with van der Waals surface area (Å²) in [6, 6.07) is 9.08. The average molecular weight is 821 g/mol. The summed E-state index contributed by atoms with van der Waals surface area (Å²) in [5.74, 6) is 0.339. The molecule has 60 heavy (non-hydrogen) atoms. The van der Waals surface area contributed by atoms with Gasteiger partial charge in [-0.15, -0.1) is 0 Å². The number of aryl methyl sites for hydroxylation is 2. The number of carbonyl (C=O) groups excluding carboxylic acids is 3. The number of hydrogen-bond donors (Lipinski definition) is 2. The predicted molar refractivity (Wildman–Crippen MR) is 230 cm³/mol. The van der Waals surface area contributed by atoms with Crippen LogP contribution in [0.5, 0.6) is 0 Å². The average Bonchev–Trinajstić information content (AvgIpc) is 4.03. The van der Waals surface area contributed by atoms with Crippen LogP contribution in [0.3, 0.4) is 0 Å². The molecule has 3 fully saturated rings. The number of allylic oxidation sites excluding steroid dienone is 5. The first-order valence-electron chi connectivity index (χ1n) is 21.2. The topological polar surface area (TPSA) is 146 Å². The summed E-state index contributed by atoms with van der Waals surface area (Å²) in [7, 11) is 3.84. The number of hydrogen-bond acceptors (Lipinski definition) is 9. The predicted octanol–water partition coefficient (Wildman–Crippen LogP) is 6.21. The number of nitrogens with zero attached hydrogens (tertiary/aromatic N) is 6. The molecule has 0 radical (unpaired) electrons. The number of anilines is 2. The van der Waals surface area contributed by atoms with Gasteiger partial charge in [0.05, 0.1) is 11.6 Å². The molecule has 3 N–H and O–H groups in total. The molecule has 2 aromatic heterocycles. The lowest BCUT2D eigenvalue weighted by molar-refractivity contribution is -0.136. The maximum Gasteiger partial charge on any atom is 0.264 e. The Hall–Kier alpha value is -5.66. The number of fused-ring (bicyclic) bond motifs is 2. The van der Waals surface area contributed by atoms with Crippen molar-refractivity contribution in [3.63, 3.8) is 0 Å². The third kappa shape index (κ3) is 8.12. The summed E-state index contributed by atoms with van der Waals surface area (Å²) >= 11 is 0. The van der Waals surface area contributed by atoms with Gasteiger partial charge >= 0.3 is 0 Å². The second-order valence-electron chi connectivity index (χ2n) is 17.5. The third-order valence-corrected chi connectivity index (χ3v) is 13.1. The zero-order valence-electron chi connectivity index (χ0n) is 34.8. The van der Waals surface area contributed by atoms with Crippen molar-refractivity contribution in [3.8, 4) is 0 Å². The van der Waals surface area contributed by atoms with E-state index in [4.69, 9.17) is 15.7 Å². The van der Waals surface area contributed by atoms with Gasteiger partial charge in [-0.2, -0.15) is 0 Å². The summed E-state index contributed by atoms with van der Waals surface area (Å²) in [5.41, 5.74) is 11.6. The molecule has 5 heterocycles. The van der Waals surface area contributed by atoms with E-state index in [1.807, 2.05) is 51.4 Å². The first-order valence-corrected chi connectivity index (χ1v) is 21.2. The van der Waals surface area contributed by atoms with E-state index in [-0.39, 0.29) is 40.8 Å². The van der Waals surface area contributed by atoms with Gasteiger partial charge < -0.3 is 25.0 Å². The number of imide groups is 1. The van der Waals surface area contributed by atoms with Crippen LogP contribution in [0.25, 0.3) is 10.9 Å². The molecular formula is C46H54F2N8O4. The molecule has 2 saturated heterocycles. The number of aromatic nitrogens is 2. The molecule has 5 aliphatic rings. The molecular weight excluding hydrogens is 767 g/mol. The van der Waals surface area contributed by atoms with Gasteiger partial charge in [0, 0.05) is 104 Å². The lowest BCUT2D eigenvalue weighted by Gasteiger charge is -2.33. The molecule has 2 atom stereocenters. The second kappa shape index (κ2) is 16.4. The largest absolute Gasteiger partial charge is 0.404 e. The van der Waals surface area contributed by atoms with Crippen molar-refractivity contribution in [2.75, 3.05) is 36.5 Å². The Bertz CT molecular complexity index is 2430. The van der Waals surface area contributed by atoms with Crippen molar-refractivity contribution in [1.29, 1.82) is 0 Å². The number of benzene rings is 1. The van der Waals surface area contributed by atoms with Crippen LogP contribution in [0.15, 0.2) is 75.2 Å². The Labute approximate surface area is 348 Å². The molecule has 0 bridgehead atoms. The summed E-state index contributed by atoms with van der Waals surface area (Å²) in [4.78, 5) is 66.0. The summed E-state index contributed by atoms with van der Waals surface area (Å²) < 4.78 is 30.7. The number of nitrogens with two attached hydrogens (primary N) is 1. The van der Waals surface area contributed by atoms with E-state index in [0.29, 0.717) is 54.1 Å². The number of nitrogens with one attached hydrogen (secondary N) is 1. The smallest absolute Gasteiger partial charge is 0.264 e. The highest BCUT2D eigenvalue weighted by molar-refractivity contribution is 6.05. The number of piperidine rings is 2. The van der Waals surface area contributed by atoms with Crippen LogP contribution in [-0.2, 0) is 23.2 Å². The summed E-state index contributed by atoms with van der Waals surface area (Å²) in [6.45, 7) is 6.40. The molecule has 3 amide bonds. The highest BCUT2D eigenvalue weighted by Gasteiger charge is 2.39. The van der Waals surface area contributed by atoms with E-state index >= 15 is 0 Å². The first-order chi connectivity index (χ1) is 28.7. The lowest BCUT2D eigenvalue weighted by Crippen LogP contribution is -2.52. The number of aliphatic imine (C=N–C) groups is 1. The van der Waals surface area contributed by atoms with E-state index < -0.39 is 18.4 Å². The number of alkyl halides is 2. The van der Waals surface area contributed by atoms with Gasteiger partial charge in [-0.1, -0.05) is 19.1 Å². The molecule has 0 spiro atoms. The minimum atomic E-state index is -2.66. The van der Waals surface area contributed by atoms with Gasteiger partial charge in [-0.3, -0.25) is 29.5 Å². The molecule has 3 aliphatic heterocycles. The molecule has 8 rings (SSSR count). The number of pyridine rings is 2. The standard InChI is InChI=1S/C46H54F2N8O4/c1-27-20-35-39(54(4)44(27)59)22-37(28-6-7-28)51-42(35)53(3)17-5-15-46(2)16-12-34(41(47)48)36(23-46)30(24-49)25-50-31-13-18-55(19-14-31)32-8-9-33-29(21-32)26-56(45(33)60)38-10-11-40(57)52-43(38)58/h8-9,12,20-25,28,31,38,41H,5-7,10-11,13-19,26,49H2,1-4H3,(H,52,57,58)/b30-24+,50-25?. The number of amides is 3. The number of halogens is 2. The fourth-order valence-electron chi connectivity index (χ4n) is 9.31. The van der Waals surface area contributed by atoms with E-state index in [0.717, 1.165) is 85.3 Å². The van der Waals surface area contributed by atoms with E-state index in [9.17, 15) is 28.0 Å². The normalized spacial score (nSPS) is 22.8. The summed E-state index contributed by atoms with van der Waals surface area (Å²) in [6.07, 6.45) is 10.3. The lowest BCUT2D eigenvalue weighted by atomic mass is 9.74. The molecule has 1 saturated carbocycles. The molecule has 12 nitrogen and oxygen atoms in total. The van der Waals surface area contributed by atoms with Gasteiger partial charge in [-0.05, 0) is 105 Å². The second-order valence-corrected chi connectivity index (χ2v) is 17.5. The molecule has 14 heteroatoms. The van der Waals surface area contributed by atoms with Gasteiger partial charge in [0.1, 0.15) is 11.9 Å². The highest BCUT2D eigenvalue weighted by atomic mass is 19.3. The van der Waals surface area contributed by atoms with Crippen molar-refractivity contribution in [2.45, 2.75) is 103 Å². The quantitative estimate of drug-likeness (QED) is 0.162. The van der Waals surface area contributed by atoms with Crippen molar-refractivity contribution in [2.24, 2.45) is 23.2 Å². The zero-order valence-corrected chi connectivity index (χ0v) is 34.8. The van der Waals surface area contributed by atoms with Crippen LogP contribution in [0.1, 0.15) is 97.8 Å². The Morgan fingerprint density at radius 2 is 1.87 bits per heavy atom. The SMILES string of the molecule is Cc1cc2c(N(C)CCCC3(C)C=C(/C(C=NC4CCN(c5ccc6c(c5)CN(C5CCC(=O)NC5=O)C6=O)CC4)=C/N)C(C(F)F)=CC3)nc(C3CC3)cc2n(C)c1=O. The molecule has 316 valence electrons. The molecule has 2 aliphatic carbocycles. The Morgan fingerprint density at radius 1 is 1.10 bits per heavy atom. The van der Waals surface area contributed by atoms with Crippen molar-refractivity contribution in [1.82, 2.24) is 19.8 Å². The van der Waals surface area contributed by atoms with Crippen molar-refractivity contribution >= 4 is 46.3 Å². The van der Waals surface area contributed by atoms with Crippen LogP contribution in [0, 0.1) is 12.3 Å². The highest BCUT2D eigenvalue weighted by Crippen LogP contribution is 2.43. The summed E-state index contributed by atoms with van der Waals surface area (Å²) in [5, 5.41) is 3.29. The van der Waals surface area contributed by atoms with Gasteiger partial charge in [0.15, 0.2) is 0 Å². The molecule has 1 aromatic carbocycles. The Morgan fingerprint density at radius 3 is 2.57 bits per heavy atom. The fourth-order valence-corrected chi connectivity index (χ4v) is 9.31.